The van der Waals surface area contributed by atoms with Crippen LogP contribution < -0.4 is 16.6 Å². The van der Waals surface area contributed by atoms with Crippen LogP contribution in [0, 0.1) is 10.1 Å². The number of nitrogens with one attached hydrogen (secondary N) is 1. The Balaban J connectivity index is 2.25. The van der Waals surface area contributed by atoms with Crippen LogP contribution in [0.1, 0.15) is 5.56 Å². The number of non-ortho nitro benzene ring substituents is 1. The van der Waals surface area contributed by atoms with Gasteiger partial charge in [-0.3, -0.25) is 19.5 Å². The van der Waals surface area contributed by atoms with Crippen molar-refractivity contribution in [3.05, 3.63) is 60.8 Å². The zero-order valence-corrected chi connectivity index (χ0v) is 11.4. The second-order valence-electron chi connectivity index (χ2n) is 4.40. The number of benzene rings is 1. The number of nitrogens with zero attached hydrogens (tertiary/aromatic N) is 4. The van der Waals surface area contributed by atoms with Gasteiger partial charge in [0.1, 0.15) is 0 Å². The van der Waals surface area contributed by atoms with Crippen molar-refractivity contribution in [2.45, 2.75) is 6.54 Å². The third kappa shape index (κ3) is 2.96. The largest absolute Gasteiger partial charge is 0.360 e. The second-order valence-corrected chi connectivity index (χ2v) is 4.40. The Kier molecular flexibility index (Phi) is 3.83. The first kappa shape index (κ1) is 14.4. The predicted octanol–water partition coefficient (Wildman–Crippen LogP) is -0.000700. The molecule has 1 heterocycles. The Bertz CT molecular complexity index is 808. The molecule has 1 N–H and O–H groups in total. The van der Waals surface area contributed by atoms with Crippen molar-refractivity contribution in [1.29, 1.82) is 0 Å². The normalized spacial score (nSPS) is 10.4. The van der Waals surface area contributed by atoms with Gasteiger partial charge in [-0.2, -0.15) is 0 Å². The van der Waals surface area contributed by atoms with Crippen LogP contribution in [0.25, 0.3) is 0 Å². The van der Waals surface area contributed by atoms with Crippen molar-refractivity contribution < 1.29 is 4.92 Å². The number of rotatable bonds is 4. The summed E-state index contributed by atoms with van der Waals surface area (Å²) in [5, 5.41) is 17.3. The molecular weight excluding hydrogens is 278 g/mol. The molecule has 0 saturated carbocycles. The molecule has 1 aromatic heterocycles. The van der Waals surface area contributed by atoms with Gasteiger partial charge in [-0.05, 0) is 5.56 Å². The van der Waals surface area contributed by atoms with Crippen LogP contribution in [0.2, 0.25) is 0 Å². The monoisotopic (exact) mass is 291 g/mol. The zero-order valence-electron chi connectivity index (χ0n) is 11.4. The molecule has 2 aromatic rings. The quantitative estimate of drug-likeness (QED) is 0.626. The third-order valence-corrected chi connectivity index (χ3v) is 2.90. The van der Waals surface area contributed by atoms with Crippen molar-refractivity contribution in [3.63, 3.8) is 0 Å². The molecule has 0 unspecified atom stereocenters. The molecule has 0 aliphatic heterocycles. The molecule has 0 bridgehead atoms. The van der Waals surface area contributed by atoms with E-state index in [2.05, 4.69) is 10.4 Å². The van der Waals surface area contributed by atoms with Gasteiger partial charge in [0.15, 0.2) is 0 Å². The summed E-state index contributed by atoms with van der Waals surface area (Å²) in [6.45, 7) is 0.183. The van der Waals surface area contributed by atoms with Crippen LogP contribution in [0.5, 0.6) is 0 Å². The van der Waals surface area contributed by atoms with Crippen LogP contribution in [0.4, 0.5) is 11.5 Å². The van der Waals surface area contributed by atoms with E-state index in [4.69, 9.17) is 0 Å². The van der Waals surface area contributed by atoms with Gasteiger partial charge in [-0.1, -0.05) is 12.1 Å². The Morgan fingerprint density at radius 2 is 2.05 bits per heavy atom. The standard InChI is InChI=1S/C12H13N5O4/c1-15-11(18)10(14-16(2)12(15)19)13-7-8-4-3-5-9(6-8)17(20)21/h3-6H,7H2,1-2H3,(H,13,14). The first-order valence-corrected chi connectivity index (χ1v) is 6.01. The summed E-state index contributed by atoms with van der Waals surface area (Å²) >= 11 is 0. The minimum atomic E-state index is -0.552. The van der Waals surface area contributed by atoms with Gasteiger partial charge in [0, 0.05) is 32.8 Å². The van der Waals surface area contributed by atoms with Gasteiger partial charge < -0.3 is 5.32 Å². The lowest BCUT2D eigenvalue weighted by molar-refractivity contribution is -0.384. The Morgan fingerprint density at radius 1 is 1.33 bits per heavy atom. The van der Waals surface area contributed by atoms with Crippen molar-refractivity contribution in [2.75, 3.05) is 5.32 Å². The minimum absolute atomic E-state index is 0.00565. The fourth-order valence-electron chi connectivity index (χ4n) is 1.78. The van der Waals surface area contributed by atoms with E-state index in [1.165, 1.54) is 26.2 Å². The fraction of sp³-hybridized carbons (Fsp3) is 0.250. The highest BCUT2D eigenvalue weighted by Gasteiger charge is 2.09. The second kappa shape index (κ2) is 5.57. The van der Waals surface area contributed by atoms with Crippen molar-refractivity contribution in [3.8, 4) is 0 Å². The van der Waals surface area contributed by atoms with E-state index in [0.29, 0.717) is 5.56 Å². The van der Waals surface area contributed by atoms with Gasteiger partial charge in [0.25, 0.3) is 11.2 Å². The number of nitro benzene ring substituents is 1. The van der Waals surface area contributed by atoms with E-state index >= 15 is 0 Å². The maximum atomic E-state index is 11.9. The zero-order chi connectivity index (χ0) is 15.6. The van der Waals surface area contributed by atoms with Gasteiger partial charge in [-0.25, -0.2) is 9.48 Å². The summed E-state index contributed by atoms with van der Waals surface area (Å²) < 4.78 is 1.97. The molecule has 9 nitrogen and oxygen atoms in total. The molecular formula is C12H13N5O4. The molecule has 0 radical (unpaired) electrons. The summed E-state index contributed by atoms with van der Waals surface area (Å²) in [5.41, 5.74) is -0.484. The first-order valence-electron chi connectivity index (χ1n) is 6.01. The van der Waals surface area contributed by atoms with Crippen LogP contribution in [0.15, 0.2) is 33.9 Å². The number of hydrogen-bond donors (Lipinski definition) is 1. The smallest absolute Gasteiger partial charge is 0.346 e. The number of hydrogen-bond acceptors (Lipinski definition) is 6. The molecule has 0 aliphatic carbocycles. The number of anilines is 1. The lowest BCUT2D eigenvalue weighted by Gasteiger charge is -2.08. The molecule has 0 atom stereocenters. The molecule has 21 heavy (non-hydrogen) atoms. The summed E-state index contributed by atoms with van der Waals surface area (Å²) in [7, 11) is 2.78. The maximum absolute atomic E-state index is 11.9. The van der Waals surface area contributed by atoms with Crippen molar-refractivity contribution in [1.82, 2.24) is 14.3 Å². The summed E-state index contributed by atoms with van der Waals surface area (Å²) in [6.07, 6.45) is 0. The van der Waals surface area contributed by atoms with E-state index in [0.717, 1.165) is 9.25 Å². The molecule has 0 saturated heterocycles. The van der Waals surface area contributed by atoms with Crippen LogP contribution in [-0.4, -0.2) is 19.3 Å². The predicted molar refractivity (Wildman–Crippen MR) is 75.1 cm³/mol. The average Bonchev–Trinajstić information content (AvgIpc) is 2.47. The minimum Gasteiger partial charge on any atom is -0.360 e. The van der Waals surface area contributed by atoms with E-state index in [1.54, 1.807) is 12.1 Å². The van der Waals surface area contributed by atoms with E-state index in [1.807, 2.05) is 0 Å². The van der Waals surface area contributed by atoms with Gasteiger partial charge in [0.05, 0.1) is 4.92 Å². The molecule has 0 aliphatic rings. The highest BCUT2D eigenvalue weighted by molar-refractivity contribution is 5.37. The van der Waals surface area contributed by atoms with Gasteiger partial charge in [0.2, 0.25) is 5.82 Å². The molecule has 1 aromatic carbocycles. The summed E-state index contributed by atoms with van der Waals surface area (Å²) in [4.78, 5) is 33.5. The van der Waals surface area contributed by atoms with E-state index < -0.39 is 16.2 Å². The lowest BCUT2D eigenvalue weighted by Crippen LogP contribution is -2.39. The molecule has 0 spiro atoms. The van der Waals surface area contributed by atoms with Crippen LogP contribution in [0.3, 0.4) is 0 Å². The first-order chi connectivity index (χ1) is 9.90. The highest BCUT2D eigenvalue weighted by Crippen LogP contribution is 2.13. The van der Waals surface area contributed by atoms with Gasteiger partial charge in [-0.15, -0.1) is 5.10 Å². The average molecular weight is 291 g/mol. The lowest BCUT2D eigenvalue weighted by atomic mass is 10.2. The molecule has 0 fully saturated rings. The third-order valence-electron chi connectivity index (χ3n) is 2.90. The van der Waals surface area contributed by atoms with Crippen molar-refractivity contribution in [2.24, 2.45) is 14.1 Å². The van der Waals surface area contributed by atoms with E-state index in [9.17, 15) is 19.7 Å². The molecule has 9 heteroatoms. The van der Waals surface area contributed by atoms with E-state index in [-0.39, 0.29) is 18.1 Å². The SMILES string of the molecule is Cn1nc(NCc2cccc([N+](=O)[O-])c2)c(=O)n(C)c1=O. The number of nitro groups is 1. The van der Waals surface area contributed by atoms with Crippen LogP contribution in [-0.2, 0) is 20.6 Å². The Hall–Kier alpha value is -2.97. The maximum Gasteiger partial charge on any atom is 0.346 e. The number of aryl methyl sites for hydroxylation is 1. The number of aromatic nitrogens is 3. The Morgan fingerprint density at radius 3 is 2.71 bits per heavy atom. The summed E-state index contributed by atoms with van der Waals surface area (Å²) in [6, 6.07) is 6.03. The van der Waals surface area contributed by atoms with Crippen LogP contribution >= 0.6 is 0 Å². The molecule has 0 amide bonds. The highest BCUT2D eigenvalue weighted by atomic mass is 16.6. The van der Waals surface area contributed by atoms with Gasteiger partial charge >= 0.3 is 5.69 Å². The topological polar surface area (TPSA) is 112 Å². The Labute approximate surface area is 118 Å². The summed E-state index contributed by atoms with van der Waals surface area (Å²) in [5.74, 6) is 0.00565. The fourth-order valence-corrected chi connectivity index (χ4v) is 1.78. The van der Waals surface area contributed by atoms with Crippen molar-refractivity contribution >= 4 is 11.5 Å². The molecule has 2 rings (SSSR count). The molecule has 110 valence electrons.